The predicted molar refractivity (Wildman–Crippen MR) is 69.7 cm³/mol. The summed E-state index contributed by atoms with van der Waals surface area (Å²) in [6.07, 6.45) is 7.22. The van der Waals surface area contributed by atoms with E-state index in [2.05, 4.69) is 24.1 Å². The standard InChI is InChI=1S/C14H28N2/c1-14(2)7-9-16(12-14)10-8-15-11-13-5-3-4-6-13/h13,15H,3-12H2,1-2H3. The number of hydrogen-bond acceptors (Lipinski definition) is 2. The van der Waals surface area contributed by atoms with Crippen LogP contribution in [0.25, 0.3) is 0 Å². The first kappa shape index (κ1) is 12.4. The Kier molecular flexibility index (Phi) is 4.26. The second-order valence-corrected chi connectivity index (χ2v) is 6.54. The predicted octanol–water partition coefficient (Wildman–Crippen LogP) is 2.50. The number of nitrogens with zero attached hydrogens (tertiary/aromatic N) is 1. The van der Waals surface area contributed by atoms with Gasteiger partial charge in [-0.1, -0.05) is 26.7 Å². The first-order valence-electron chi connectivity index (χ1n) is 7.09. The summed E-state index contributed by atoms with van der Waals surface area (Å²) >= 11 is 0. The van der Waals surface area contributed by atoms with Crippen molar-refractivity contribution >= 4 is 0 Å². The second-order valence-electron chi connectivity index (χ2n) is 6.54. The molecule has 0 aromatic carbocycles. The lowest BCUT2D eigenvalue weighted by Gasteiger charge is -2.20. The van der Waals surface area contributed by atoms with Crippen LogP contribution >= 0.6 is 0 Å². The zero-order valence-corrected chi connectivity index (χ0v) is 11.1. The Morgan fingerprint density at radius 1 is 1.25 bits per heavy atom. The van der Waals surface area contributed by atoms with E-state index in [1.807, 2.05) is 0 Å². The molecule has 0 amide bonds. The highest BCUT2D eigenvalue weighted by Gasteiger charge is 2.28. The van der Waals surface area contributed by atoms with Gasteiger partial charge >= 0.3 is 0 Å². The highest BCUT2D eigenvalue weighted by Crippen LogP contribution is 2.28. The maximum absolute atomic E-state index is 3.64. The molecule has 94 valence electrons. The molecule has 16 heavy (non-hydrogen) atoms. The van der Waals surface area contributed by atoms with Gasteiger partial charge in [0.15, 0.2) is 0 Å². The molecular formula is C14H28N2. The molecule has 0 unspecified atom stereocenters. The smallest absolute Gasteiger partial charge is 0.0107 e. The zero-order chi connectivity index (χ0) is 11.4. The minimum atomic E-state index is 0.561. The van der Waals surface area contributed by atoms with Gasteiger partial charge in [-0.2, -0.15) is 0 Å². The Bertz CT molecular complexity index is 207. The van der Waals surface area contributed by atoms with Crippen molar-refractivity contribution < 1.29 is 0 Å². The lowest BCUT2D eigenvalue weighted by molar-refractivity contribution is 0.287. The highest BCUT2D eigenvalue weighted by atomic mass is 15.2. The number of rotatable bonds is 5. The van der Waals surface area contributed by atoms with Gasteiger partial charge in [0, 0.05) is 19.6 Å². The van der Waals surface area contributed by atoms with E-state index in [0.29, 0.717) is 5.41 Å². The van der Waals surface area contributed by atoms with Crippen LogP contribution in [0, 0.1) is 11.3 Å². The topological polar surface area (TPSA) is 15.3 Å². The van der Waals surface area contributed by atoms with Gasteiger partial charge in [0.25, 0.3) is 0 Å². The Balaban J connectivity index is 1.51. The summed E-state index contributed by atoms with van der Waals surface area (Å²) in [5, 5.41) is 3.64. The summed E-state index contributed by atoms with van der Waals surface area (Å²) in [6, 6.07) is 0. The van der Waals surface area contributed by atoms with Gasteiger partial charge < -0.3 is 10.2 Å². The minimum absolute atomic E-state index is 0.561. The average Bonchev–Trinajstić information content (AvgIpc) is 2.82. The Morgan fingerprint density at radius 2 is 2.00 bits per heavy atom. The van der Waals surface area contributed by atoms with Crippen LogP contribution in [0.3, 0.4) is 0 Å². The molecule has 1 saturated heterocycles. The van der Waals surface area contributed by atoms with E-state index < -0.39 is 0 Å². The fraction of sp³-hybridized carbons (Fsp3) is 1.00. The van der Waals surface area contributed by atoms with Gasteiger partial charge in [-0.25, -0.2) is 0 Å². The summed E-state index contributed by atoms with van der Waals surface area (Å²) in [5.41, 5.74) is 0.561. The maximum Gasteiger partial charge on any atom is 0.0107 e. The lowest BCUT2D eigenvalue weighted by Crippen LogP contribution is -2.33. The van der Waals surface area contributed by atoms with Crippen molar-refractivity contribution in [1.29, 1.82) is 0 Å². The number of likely N-dealkylation sites (tertiary alicyclic amines) is 1. The van der Waals surface area contributed by atoms with Crippen molar-refractivity contribution in [3.8, 4) is 0 Å². The zero-order valence-electron chi connectivity index (χ0n) is 11.1. The largest absolute Gasteiger partial charge is 0.315 e. The number of nitrogens with one attached hydrogen (secondary N) is 1. The monoisotopic (exact) mass is 224 g/mol. The van der Waals surface area contributed by atoms with Crippen molar-refractivity contribution in [3.63, 3.8) is 0 Å². The van der Waals surface area contributed by atoms with Crippen LogP contribution in [0.2, 0.25) is 0 Å². The molecule has 2 rings (SSSR count). The SMILES string of the molecule is CC1(C)CCN(CCNCC2CCCC2)C1. The van der Waals surface area contributed by atoms with E-state index in [0.717, 1.165) is 5.92 Å². The third kappa shape index (κ3) is 3.74. The number of hydrogen-bond donors (Lipinski definition) is 1. The van der Waals surface area contributed by atoms with Crippen LogP contribution in [-0.2, 0) is 0 Å². The molecule has 2 fully saturated rings. The third-order valence-electron chi connectivity index (χ3n) is 4.27. The summed E-state index contributed by atoms with van der Waals surface area (Å²) in [4.78, 5) is 2.61. The summed E-state index contributed by atoms with van der Waals surface area (Å²) in [5.74, 6) is 0.981. The van der Waals surface area contributed by atoms with Gasteiger partial charge in [0.05, 0.1) is 0 Å². The molecule has 2 nitrogen and oxygen atoms in total. The summed E-state index contributed by atoms with van der Waals surface area (Å²) < 4.78 is 0. The second kappa shape index (κ2) is 5.50. The van der Waals surface area contributed by atoms with E-state index in [4.69, 9.17) is 0 Å². The van der Waals surface area contributed by atoms with Crippen LogP contribution in [0.4, 0.5) is 0 Å². The fourth-order valence-electron chi connectivity index (χ4n) is 3.17. The molecule has 1 aliphatic heterocycles. The summed E-state index contributed by atoms with van der Waals surface area (Å²) in [6.45, 7) is 11.1. The maximum atomic E-state index is 3.64. The quantitative estimate of drug-likeness (QED) is 0.722. The van der Waals surface area contributed by atoms with Crippen molar-refractivity contribution in [1.82, 2.24) is 10.2 Å². The van der Waals surface area contributed by atoms with Crippen LogP contribution in [0.5, 0.6) is 0 Å². The molecule has 1 aliphatic carbocycles. The molecule has 1 saturated carbocycles. The Hall–Kier alpha value is -0.0800. The van der Waals surface area contributed by atoms with Crippen molar-refractivity contribution in [2.75, 3.05) is 32.7 Å². The van der Waals surface area contributed by atoms with E-state index in [1.165, 1.54) is 64.8 Å². The van der Waals surface area contributed by atoms with Crippen LogP contribution in [0.1, 0.15) is 46.0 Å². The lowest BCUT2D eigenvalue weighted by atomic mass is 9.93. The molecule has 1 heterocycles. The van der Waals surface area contributed by atoms with Gasteiger partial charge in [-0.15, -0.1) is 0 Å². The van der Waals surface area contributed by atoms with E-state index >= 15 is 0 Å². The van der Waals surface area contributed by atoms with Crippen LogP contribution in [-0.4, -0.2) is 37.6 Å². The molecule has 2 heteroatoms. The van der Waals surface area contributed by atoms with Crippen molar-refractivity contribution in [2.45, 2.75) is 46.0 Å². The van der Waals surface area contributed by atoms with Crippen LogP contribution < -0.4 is 5.32 Å². The first-order chi connectivity index (χ1) is 7.66. The Morgan fingerprint density at radius 3 is 2.62 bits per heavy atom. The molecular weight excluding hydrogens is 196 g/mol. The van der Waals surface area contributed by atoms with Gasteiger partial charge in [-0.05, 0) is 43.7 Å². The fourth-order valence-corrected chi connectivity index (χ4v) is 3.17. The molecule has 0 bridgehead atoms. The highest BCUT2D eigenvalue weighted by molar-refractivity contribution is 4.82. The van der Waals surface area contributed by atoms with Gasteiger partial charge in [0.1, 0.15) is 0 Å². The molecule has 1 N–H and O–H groups in total. The Labute approximate surface area is 101 Å². The molecule has 0 aromatic rings. The third-order valence-corrected chi connectivity index (χ3v) is 4.27. The summed E-state index contributed by atoms with van der Waals surface area (Å²) in [7, 11) is 0. The van der Waals surface area contributed by atoms with Gasteiger partial charge in [0.2, 0.25) is 0 Å². The van der Waals surface area contributed by atoms with Crippen molar-refractivity contribution in [2.24, 2.45) is 11.3 Å². The molecule has 2 aliphatic rings. The molecule has 0 atom stereocenters. The minimum Gasteiger partial charge on any atom is -0.315 e. The van der Waals surface area contributed by atoms with E-state index in [-0.39, 0.29) is 0 Å². The average molecular weight is 224 g/mol. The van der Waals surface area contributed by atoms with E-state index in [9.17, 15) is 0 Å². The van der Waals surface area contributed by atoms with Crippen molar-refractivity contribution in [3.05, 3.63) is 0 Å². The molecule has 0 aromatic heterocycles. The van der Waals surface area contributed by atoms with Gasteiger partial charge in [-0.3, -0.25) is 0 Å². The molecule has 0 radical (unpaired) electrons. The normalized spacial score (nSPS) is 26.6. The molecule has 0 spiro atoms. The van der Waals surface area contributed by atoms with E-state index in [1.54, 1.807) is 0 Å². The van der Waals surface area contributed by atoms with Crippen LogP contribution in [0.15, 0.2) is 0 Å². The first-order valence-corrected chi connectivity index (χ1v) is 7.09.